The molecule has 0 radical (unpaired) electrons. The van der Waals surface area contributed by atoms with Gasteiger partial charge in [0.15, 0.2) is 8.32 Å². The smallest absolute Gasteiger partial charge is 0.338 e. The maximum absolute atomic E-state index is 13.4. The second-order valence-corrected chi connectivity index (χ2v) is 14.5. The van der Waals surface area contributed by atoms with Crippen LogP contribution in [0.4, 0.5) is 0 Å². The van der Waals surface area contributed by atoms with Crippen LogP contribution in [0.2, 0.25) is 18.1 Å². The van der Waals surface area contributed by atoms with E-state index < -0.39 is 25.8 Å². The van der Waals surface area contributed by atoms with Gasteiger partial charge in [0.25, 0.3) is 0 Å². The zero-order chi connectivity index (χ0) is 24.0. The summed E-state index contributed by atoms with van der Waals surface area (Å²) < 4.78 is 17.5. The van der Waals surface area contributed by atoms with Gasteiger partial charge >= 0.3 is 11.9 Å². The number of rotatable bonds is 10. The van der Waals surface area contributed by atoms with E-state index >= 15 is 0 Å². The summed E-state index contributed by atoms with van der Waals surface area (Å²) in [6, 6.07) is -0.184. The van der Waals surface area contributed by atoms with Gasteiger partial charge in [-0.15, -0.1) is 6.58 Å². The Hall–Kier alpha value is -1.44. The molecular formula is C24H43NO5Si. The Morgan fingerprint density at radius 1 is 1.13 bits per heavy atom. The van der Waals surface area contributed by atoms with Crippen molar-refractivity contribution in [2.24, 2.45) is 11.8 Å². The van der Waals surface area contributed by atoms with Crippen LogP contribution < -0.4 is 0 Å². The maximum Gasteiger partial charge on any atom is 0.338 e. The van der Waals surface area contributed by atoms with Gasteiger partial charge in [-0.25, -0.2) is 9.59 Å². The molecule has 31 heavy (non-hydrogen) atoms. The zero-order valence-corrected chi connectivity index (χ0v) is 22.0. The Labute approximate surface area is 190 Å². The number of nitrogens with zero attached hydrogens (tertiary/aromatic N) is 1. The lowest BCUT2D eigenvalue weighted by Gasteiger charge is -2.38. The summed E-state index contributed by atoms with van der Waals surface area (Å²) in [4.78, 5) is 28.6. The third kappa shape index (κ3) is 5.32. The zero-order valence-electron chi connectivity index (χ0n) is 21.0. The van der Waals surface area contributed by atoms with Crippen molar-refractivity contribution in [1.82, 2.24) is 4.90 Å². The molecule has 0 aliphatic carbocycles. The molecule has 0 aromatic heterocycles. The van der Waals surface area contributed by atoms with Gasteiger partial charge in [0, 0.05) is 31.0 Å². The molecule has 0 saturated carbocycles. The van der Waals surface area contributed by atoms with E-state index in [1.54, 1.807) is 19.9 Å². The van der Waals surface area contributed by atoms with Gasteiger partial charge in [0.2, 0.25) is 5.54 Å². The Morgan fingerprint density at radius 2 is 1.65 bits per heavy atom. The molecule has 0 aromatic carbocycles. The average Bonchev–Trinajstić information content (AvgIpc) is 2.89. The molecule has 3 atom stereocenters. The number of allylic oxidation sites excluding steroid dienone is 1. The molecule has 0 bridgehead atoms. The highest BCUT2D eigenvalue weighted by atomic mass is 28.4. The van der Waals surface area contributed by atoms with Crippen LogP contribution in [-0.2, 0) is 23.5 Å². The van der Waals surface area contributed by atoms with E-state index in [1.165, 1.54) is 0 Å². The summed E-state index contributed by atoms with van der Waals surface area (Å²) in [5.41, 5.74) is -1.54. The standard InChI is InChI=1S/C24H43NO5Si/c1-11-15-20-19(17-30-31(9,10)23(6,7)8)18(5)24(21(26)28-13-3,22(27)29-14-4)25(20)16-12-2/h11-12,15,18-20H,2,13-14,16-17H2,1,3-10H3/b15-11+/t18-,19-,20-/m1/s1. The minimum atomic E-state index is -2.02. The molecule has 0 amide bonds. The highest BCUT2D eigenvalue weighted by Gasteiger charge is 2.66. The van der Waals surface area contributed by atoms with Gasteiger partial charge in [0.05, 0.1) is 13.2 Å². The first-order chi connectivity index (χ1) is 14.4. The molecule has 0 spiro atoms. The molecule has 1 rings (SSSR count). The predicted molar refractivity (Wildman–Crippen MR) is 127 cm³/mol. The summed E-state index contributed by atoms with van der Waals surface area (Å²) in [6.45, 7) is 23.5. The monoisotopic (exact) mass is 453 g/mol. The predicted octanol–water partition coefficient (Wildman–Crippen LogP) is 4.57. The van der Waals surface area contributed by atoms with Crippen LogP contribution in [0.15, 0.2) is 24.8 Å². The number of esters is 2. The quantitative estimate of drug-likeness (QED) is 0.209. The third-order valence-corrected chi connectivity index (χ3v) is 11.4. The molecule has 7 heteroatoms. The van der Waals surface area contributed by atoms with E-state index in [-0.39, 0.29) is 36.1 Å². The van der Waals surface area contributed by atoms with E-state index in [2.05, 4.69) is 40.4 Å². The van der Waals surface area contributed by atoms with Gasteiger partial charge in [-0.2, -0.15) is 0 Å². The molecule has 6 nitrogen and oxygen atoms in total. The topological polar surface area (TPSA) is 65.1 Å². The van der Waals surface area contributed by atoms with Crippen LogP contribution in [0.1, 0.15) is 48.5 Å². The molecule has 1 saturated heterocycles. The molecule has 178 valence electrons. The lowest BCUT2D eigenvalue weighted by Crippen LogP contribution is -2.62. The molecule has 1 aliphatic rings. The molecule has 0 N–H and O–H groups in total. The largest absolute Gasteiger partial charge is 0.464 e. The van der Waals surface area contributed by atoms with Crippen LogP contribution >= 0.6 is 0 Å². The van der Waals surface area contributed by atoms with Crippen molar-refractivity contribution in [2.75, 3.05) is 26.4 Å². The van der Waals surface area contributed by atoms with Crippen LogP contribution in [0, 0.1) is 11.8 Å². The normalized spacial score (nSPS) is 24.4. The number of carbonyl (C=O) groups is 2. The van der Waals surface area contributed by atoms with Gasteiger partial charge in [-0.3, -0.25) is 4.90 Å². The van der Waals surface area contributed by atoms with E-state index in [0.29, 0.717) is 13.2 Å². The molecule has 1 aliphatic heterocycles. The first kappa shape index (κ1) is 27.6. The SMILES string of the molecule is C=CCN1[C@H](/C=C/C)[C@H](CO[Si](C)(C)C(C)(C)C)[C@@H](C)C1(C(=O)OCC)C(=O)OCC. The van der Waals surface area contributed by atoms with Crippen molar-refractivity contribution in [1.29, 1.82) is 0 Å². The Bertz CT molecular complexity index is 649. The van der Waals surface area contributed by atoms with E-state index in [1.807, 2.05) is 30.9 Å². The van der Waals surface area contributed by atoms with Gasteiger partial charge in [-0.1, -0.05) is 45.9 Å². The minimum absolute atomic E-state index is 0.0606. The molecule has 0 unspecified atom stereocenters. The van der Waals surface area contributed by atoms with Crippen molar-refractivity contribution >= 4 is 20.3 Å². The molecular weight excluding hydrogens is 410 g/mol. The highest BCUT2D eigenvalue weighted by Crippen LogP contribution is 2.47. The third-order valence-electron chi connectivity index (χ3n) is 6.88. The van der Waals surface area contributed by atoms with Gasteiger partial charge < -0.3 is 13.9 Å². The van der Waals surface area contributed by atoms with Gasteiger partial charge in [-0.05, 0) is 38.9 Å². The van der Waals surface area contributed by atoms with Gasteiger partial charge in [0.1, 0.15) is 0 Å². The number of carbonyl (C=O) groups excluding carboxylic acids is 2. The number of ether oxygens (including phenoxy) is 2. The maximum atomic E-state index is 13.4. The Morgan fingerprint density at radius 3 is 2.03 bits per heavy atom. The lowest BCUT2D eigenvalue weighted by atomic mass is 9.80. The summed E-state index contributed by atoms with van der Waals surface area (Å²) >= 11 is 0. The van der Waals surface area contributed by atoms with Crippen LogP contribution in [0.25, 0.3) is 0 Å². The average molecular weight is 454 g/mol. The summed E-state index contributed by atoms with van der Waals surface area (Å²) in [5.74, 6) is -1.57. The van der Waals surface area contributed by atoms with Crippen LogP contribution in [-0.4, -0.2) is 63.1 Å². The summed E-state index contributed by atoms with van der Waals surface area (Å²) in [5, 5.41) is 0.0606. The fourth-order valence-corrected chi connectivity index (χ4v) is 5.16. The summed E-state index contributed by atoms with van der Waals surface area (Å²) in [7, 11) is -2.02. The van der Waals surface area contributed by atoms with Crippen LogP contribution in [0.5, 0.6) is 0 Å². The van der Waals surface area contributed by atoms with E-state index in [0.717, 1.165) is 0 Å². The van der Waals surface area contributed by atoms with Crippen LogP contribution in [0.3, 0.4) is 0 Å². The minimum Gasteiger partial charge on any atom is -0.464 e. The number of hydrogen-bond donors (Lipinski definition) is 0. The first-order valence-electron chi connectivity index (χ1n) is 11.4. The van der Waals surface area contributed by atoms with E-state index in [4.69, 9.17) is 13.9 Å². The number of likely N-dealkylation sites (tertiary alicyclic amines) is 1. The lowest BCUT2D eigenvalue weighted by molar-refractivity contribution is -0.176. The van der Waals surface area contributed by atoms with E-state index in [9.17, 15) is 9.59 Å². The van der Waals surface area contributed by atoms with Crippen molar-refractivity contribution < 1.29 is 23.5 Å². The summed E-state index contributed by atoms with van der Waals surface area (Å²) in [6.07, 6.45) is 5.71. The Kier molecular flexibility index (Phi) is 9.72. The fourth-order valence-electron chi connectivity index (χ4n) is 4.12. The molecule has 0 aromatic rings. The van der Waals surface area contributed by atoms with Crippen molar-refractivity contribution in [3.05, 3.63) is 24.8 Å². The van der Waals surface area contributed by atoms with Crippen molar-refractivity contribution in [3.8, 4) is 0 Å². The Balaban J connectivity index is 3.56. The molecule has 1 heterocycles. The second-order valence-electron chi connectivity index (χ2n) is 9.69. The first-order valence-corrected chi connectivity index (χ1v) is 14.3. The van der Waals surface area contributed by atoms with Crippen molar-refractivity contribution in [2.45, 2.75) is 78.2 Å². The second kappa shape index (κ2) is 10.9. The fraction of sp³-hybridized carbons (Fsp3) is 0.750. The molecule has 1 fully saturated rings. The highest BCUT2D eigenvalue weighted by molar-refractivity contribution is 6.74. The van der Waals surface area contributed by atoms with Crippen molar-refractivity contribution in [3.63, 3.8) is 0 Å². The number of hydrogen-bond acceptors (Lipinski definition) is 6.